The van der Waals surface area contributed by atoms with Crippen molar-refractivity contribution in [1.29, 1.82) is 0 Å². The van der Waals surface area contributed by atoms with Crippen molar-refractivity contribution < 1.29 is 0 Å². The fourth-order valence-corrected chi connectivity index (χ4v) is 5.77. The van der Waals surface area contributed by atoms with Gasteiger partial charge in [0, 0.05) is 0 Å². The molecule has 0 heterocycles. The molecule has 0 saturated heterocycles. The zero-order valence-corrected chi connectivity index (χ0v) is 12.5. The van der Waals surface area contributed by atoms with Gasteiger partial charge in [0.2, 0.25) is 0 Å². The summed E-state index contributed by atoms with van der Waals surface area (Å²) in [5.41, 5.74) is 1.44. The average molecular weight is 334 g/mol. The molecule has 0 saturated carbocycles. The Morgan fingerprint density at radius 3 is 2.67 bits per heavy atom. The van der Waals surface area contributed by atoms with Gasteiger partial charge >= 0.3 is 108 Å². The normalized spacial score (nSPS) is 11.7. The Morgan fingerprint density at radius 2 is 2.07 bits per heavy atom. The van der Waals surface area contributed by atoms with E-state index >= 15 is 0 Å². The Kier molecular flexibility index (Phi) is 7.26. The summed E-state index contributed by atoms with van der Waals surface area (Å²) >= 11 is 1.86. The Bertz CT molecular complexity index is 293. The molecule has 0 aliphatic carbocycles. The van der Waals surface area contributed by atoms with Crippen LogP contribution < -0.4 is 0 Å². The van der Waals surface area contributed by atoms with Crippen LogP contribution in [0.15, 0.2) is 35.7 Å². The summed E-state index contributed by atoms with van der Waals surface area (Å²) in [5.74, 6) is 0. The Balaban J connectivity index is 2.63. The maximum atomic E-state index is 2.34. The second-order valence-corrected chi connectivity index (χ2v) is 7.24. The van der Waals surface area contributed by atoms with Gasteiger partial charge in [-0.05, 0) is 0 Å². The number of hydrogen-bond donors (Lipinski definition) is 0. The number of benzene rings is 1. The van der Waals surface area contributed by atoms with E-state index in [9.17, 15) is 0 Å². The molecule has 0 atom stereocenters. The van der Waals surface area contributed by atoms with Crippen LogP contribution >= 0.6 is 11.8 Å². The van der Waals surface area contributed by atoms with Crippen LogP contribution in [-0.2, 0) is 0 Å². The van der Waals surface area contributed by atoms with E-state index in [-0.39, 0.29) is 20.9 Å². The topological polar surface area (TPSA) is 0 Å². The van der Waals surface area contributed by atoms with E-state index in [4.69, 9.17) is 0 Å². The van der Waals surface area contributed by atoms with Gasteiger partial charge in [0.05, 0.1) is 0 Å². The van der Waals surface area contributed by atoms with E-state index in [2.05, 4.69) is 48.9 Å². The van der Waals surface area contributed by atoms with Crippen molar-refractivity contribution in [1.82, 2.24) is 0 Å². The second kappa shape index (κ2) is 8.27. The fraction of sp³-hybridized carbons (Fsp3) is 0.385. The van der Waals surface area contributed by atoms with Gasteiger partial charge in [0.15, 0.2) is 0 Å². The molecule has 0 aliphatic rings. The van der Waals surface area contributed by atoms with Crippen molar-refractivity contribution in [3.63, 3.8) is 0 Å². The first-order valence-electron chi connectivity index (χ1n) is 5.29. The van der Waals surface area contributed by atoms with Gasteiger partial charge in [-0.25, -0.2) is 0 Å². The standard InChI is InChI=1S/C13H18STe/c1-3-4-10-15-13(11-14-2)12-8-6-5-7-9-12/h5-9,11H,3-4,10H2,1-2H3. The molecule has 1 aromatic carbocycles. The molecule has 0 unspecified atom stereocenters. The second-order valence-electron chi connectivity index (χ2n) is 3.29. The van der Waals surface area contributed by atoms with Crippen molar-refractivity contribution in [2.75, 3.05) is 6.26 Å². The Labute approximate surface area is 108 Å². The molecule has 15 heavy (non-hydrogen) atoms. The molecule has 0 N–H and O–H groups in total. The third-order valence-corrected chi connectivity index (χ3v) is 6.28. The molecule has 0 aliphatic heterocycles. The Hall–Kier alpha value is 0.0996. The van der Waals surface area contributed by atoms with Gasteiger partial charge in [-0.1, -0.05) is 0 Å². The summed E-state index contributed by atoms with van der Waals surface area (Å²) in [6.07, 6.45) is 4.86. The van der Waals surface area contributed by atoms with Crippen LogP contribution in [0.4, 0.5) is 0 Å². The zero-order valence-electron chi connectivity index (χ0n) is 9.40. The maximum absolute atomic E-state index is 2.34. The van der Waals surface area contributed by atoms with E-state index in [0.717, 1.165) is 0 Å². The van der Waals surface area contributed by atoms with Crippen molar-refractivity contribution in [3.05, 3.63) is 41.3 Å². The summed E-state index contributed by atoms with van der Waals surface area (Å²) in [4.78, 5) is 0. The van der Waals surface area contributed by atoms with Crippen LogP contribution in [0.5, 0.6) is 0 Å². The third kappa shape index (κ3) is 5.11. The van der Waals surface area contributed by atoms with Crippen LogP contribution in [0.3, 0.4) is 0 Å². The van der Waals surface area contributed by atoms with Crippen molar-refractivity contribution in [2.45, 2.75) is 24.2 Å². The first-order chi connectivity index (χ1) is 7.38. The molecule has 0 spiro atoms. The summed E-state index contributed by atoms with van der Waals surface area (Å²) in [5, 5.41) is 2.34. The fourth-order valence-electron chi connectivity index (χ4n) is 1.22. The molecule has 82 valence electrons. The van der Waals surface area contributed by atoms with E-state index in [1.165, 1.54) is 22.9 Å². The number of unbranched alkanes of at least 4 members (excludes halogenated alkanes) is 1. The monoisotopic (exact) mass is 336 g/mol. The molecule has 2 heteroatoms. The summed E-state index contributed by atoms with van der Waals surface area (Å²) < 4.78 is 3.05. The van der Waals surface area contributed by atoms with Crippen molar-refractivity contribution >= 4 is 36.3 Å². The SMILES string of the molecule is CCCC[Te]C(=CSC)c1ccccc1. The number of hydrogen-bond acceptors (Lipinski definition) is 1. The number of rotatable bonds is 6. The first-order valence-corrected chi connectivity index (χ1v) is 9.39. The minimum atomic E-state index is 0.0261. The quantitative estimate of drug-likeness (QED) is 0.553. The summed E-state index contributed by atoms with van der Waals surface area (Å²) in [7, 11) is 0. The van der Waals surface area contributed by atoms with Gasteiger partial charge in [-0.15, -0.1) is 0 Å². The zero-order chi connectivity index (χ0) is 10.9. The predicted octanol–water partition coefficient (Wildman–Crippen LogP) is 4.27. The van der Waals surface area contributed by atoms with Gasteiger partial charge < -0.3 is 0 Å². The van der Waals surface area contributed by atoms with E-state index in [0.29, 0.717) is 0 Å². The molecule has 0 fully saturated rings. The molecule has 1 rings (SSSR count). The molecule has 1 aromatic rings. The molecular formula is C13H18STe. The molecule has 0 bridgehead atoms. The molecule has 0 aromatic heterocycles. The van der Waals surface area contributed by atoms with E-state index < -0.39 is 0 Å². The van der Waals surface area contributed by atoms with Gasteiger partial charge in [-0.2, -0.15) is 0 Å². The Morgan fingerprint density at radius 1 is 1.33 bits per heavy atom. The van der Waals surface area contributed by atoms with Crippen LogP contribution in [0.2, 0.25) is 4.47 Å². The number of thioether (sulfide) groups is 1. The van der Waals surface area contributed by atoms with Crippen LogP contribution in [0.1, 0.15) is 25.3 Å². The van der Waals surface area contributed by atoms with Gasteiger partial charge in [-0.3, -0.25) is 0 Å². The van der Waals surface area contributed by atoms with E-state index in [1.54, 1.807) is 3.62 Å². The molecule has 0 nitrogen and oxygen atoms in total. The average Bonchev–Trinajstić information content (AvgIpc) is 2.29. The minimum absolute atomic E-state index is 0.0261. The summed E-state index contributed by atoms with van der Waals surface area (Å²) in [6.45, 7) is 2.27. The third-order valence-electron chi connectivity index (χ3n) is 2.04. The van der Waals surface area contributed by atoms with Crippen LogP contribution in [0.25, 0.3) is 3.62 Å². The van der Waals surface area contributed by atoms with Crippen LogP contribution in [0, 0.1) is 0 Å². The molecular weight excluding hydrogens is 316 g/mol. The van der Waals surface area contributed by atoms with E-state index in [1.807, 2.05) is 11.8 Å². The van der Waals surface area contributed by atoms with Crippen molar-refractivity contribution in [3.8, 4) is 0 Å². The van der Waals surface area contributed by atoms with Gasteiger partial charge in [0.25, 0.3) is 0 Å². The molecule has 0 amide bonds. The first kappa shape index (κ1) is 13.2. The van der Waals surface area contributed by atoms with Crippen LogP contribution in [-0.4, -0.2) is 27.2 Å². The molecule has 0 radical (unpaired) electrons. The predicted molar refractivity (Wildman–Crippen MR) is 73.4 cm³/mol. The van der Waals surface area contributed by atoms with Crippen molar-refractivity contribution in [2.24, 2.45) is 0 Å². The van der Waals surface area contributed by atoms with Gasteiger partial charge in [0.1, 0.15) is 0 Å². The summed E-state index contributed by atoms with van der Waals surface area (Å²) in [6, 6.07) is 10.8.